The molecule has 112 valence electrons. The summed E-state index contributed by atoms with van der Waals surface area (Å²) < 4.78 is 33.1. The molecule has 3 nitrogen and oxygen atoms in total. The van der Waals surface area contributed by atoms with Crippen molar-refractivity contribution in [2.45, 2.75) is 32.4 Å². The minimum absolute atomic E-state index is 0.0650. The molecule has 0 saturated carbocycles. The molecule has 0 spiro atoms. The molecule has 2 aromatic rings. The van der Waals surface area contributed by atoms with Crippen LogP contribution in [0, 0.1) is 11.6 Å². The lowest BCUT2D eigenvalue weighted by Crippen LogP contribution is -2.21. The van der Waals surface area contributed by atoms with Gasteiger partial charge in [-0.3, -0.25) is 4.98 Å². The van der Waals surface area contributed by atoms with Crippen molar-refractivity contribution in [3.63, 3.8) is 0 Å². The van der Waals surface area contributed by atoms with Gasteiger partial charge in [0.25, 0.3) is 0 Å². The minimum Gasteiger partial charge on any atom is -0.483 e. The highest BCUT2D eigenvalue weighted by atomic mass is 19.1. The lowest BCUT2D eigenvalue weighted by atomic mass is 10.0. The fraction of sp³-hybridized carbons (Fsp3) is 0.312. The number of rotatable bonds is 6. The molecule has 0 bridgehead atoms. The van der Waals surface area contributed by atoms with Gasteiger partial charge in [0, 0.05) is 24.0 Å². The molecule has 0 radical (unpaired) electrons. The van der Waals surface area contributed by atoms with E-state index >= 15 is 0 Å². The summed E-state index contributed by atoms with van der Waals surface area (Å²) in [5.74, 6) is -1.79. The van der Waals surface area contributed by atoms with Crippen LogP contribution in [0.4, 0.5) is 8.78 Å². The topological polar surface area (TPSA) is 48.1 Å². The molecule has 1 aromatic heterocycles. The first-order chi connectivity index (χ1) is 10.1. The van der Waals surface area contributed by atoms with Crippen molar-refractivity contribution in [2.24, 2.45) is 5.73 Å². The molecule has 5 heteroatoms. The van der Waals surface area contributed by atoms with Gasteiger partial charge in [-0.2, -0.15) is 0 Å². The molecule has 2 rings (SSSR count). The van der Waals surface area contributed by atoms with E-state index in [1.807, 2.05) is 6.92 Å². The van der Waals surface area contributed by atoms with E-state index in [-0.39, 0.29) is 18.4 Å². The Bertz CT molecular complexity index is 567. The molecular formula is C16H18F2N2O. The normalized spacial score (nSPS) is 12.2. The van der Waals surface area contributed by atoms with Gasteiger partial charge in [0.15, 0.2) is 17.4 Å². The van der Waals surface area contributed by atoms with Crippen LogP contribution in [-0.4, -0.2) is 11.0 Å². The van der Waals surface area contributed by atoms with Crippen molar-refractivity contribution < 1.29 is 13.5 Å². The van der Waals surface area contributed by atoms with Gasteiger partial charge in [0.05, 0.1) is 0 Å². The van der Waals surface area contributed by atoms with E-state index in [4.69, 9.17) is 10.5 Å². The zero-order valence-electron chi connectivity index (χ0n) is 11.9. The number of pyridine rings is 1. The molecule has 1 aromatic carbocycles. The number of hydrogen-bond acceptors (Lipinski definition) is 3. The van der Waals surface area contributed by atoms with E-state index in [1.165, 1.54) is 12.1 Å². The second-order valence-corrected chi connectivity index (χ2v) is 4.91. The number of nitrogens with zero attached hydrogens (tertiary/aromatic N) is 1. The summed E-state index contributed by atoms with van der Waals surface area (Å²) >= 11 is 0. The van der Waals surface area contributed by atoms with E-state index in [9.17, 15) is 8.78 Å². The maximum absolute atomic E-state index is 13.9. The third-order valence-electron chi connectivity index (χ3n) is 3.19. The summed E-state index contributed by atoms with van der Waals surface area (Å²) in [5.41, 5.74) is 7.07. The van der Waals surface area contributed by atoms with Gasteiger partial charge in [-0.15, -0.1) is 0 Å². The Morgan fingerprint density at radius 2 is 1.95 bits per heavy atom. The first kappa shape index (κ1) is 15.4. The number of halogens is 2. The van der Waals surface area contributed by atoms with Gasteiger partial charge >= 0.3 is 0 Å². The van der Waals surface area contributed by atoms with Crippen molar-refractivity contribution in [2.75, 3.05) is 0 Å². The molecule has 1 unspecified atom stereocenters. The number of benzene rings is 1. The van der Waals surface area contributed by atoms with Crippen molar-refractivity contribution in [3.8, 4) is 5.75 Å². The van der Waals surface area contributed by atoms with Crippen LogP contribution < -0.4 is 10.5 Å². The molecule has 0 fully saturated rings. The molecule has 21 heavy (non-hydrogen) atoms. The van der Waals surface area contributed by atoms with Gasteiger partial charge in [-0.1, -0.05) is 13.0 Å². The van der Waals surface area contributed by atoms with Crippen LogP contribution >= 0.6 is 0 Å². The molecule has 2 N–H and O–H groups in total. The van der Waals surface area contributed by atoms with Gasteiger partial charge in [0.2, 0.25) is 0 Å². The highest BCUT2D eigenvalue weighted by molar-refractivity contribution is 5.32. The number of aromatic nitrogens is 1. The Hall–Kier alpha value is -2.01. The summed E-state index contributed by atoms with van der Waals surface area (Å²) in [5, 5.41) is 0. The summed E-state index contributed by atoms with van der Waals surface area (Å²) in [6.07, 6.45) is 4.40. The van der Waals surface area contributed by atoms with Gasteiger partial charge in [0.1, 0.15) is 6.61 Å². The second-order valence-electron chi connectivity index (χ2n) is 4.91. The largest absolute Gasteiger partial charge is 0.483 e. The highest BCUT2D eigenvalue weighted by Crippen LogP contribution is 2.25. The predicted molar refractivity (Wildman–Crippen MR) is 76.9 cm³/mol. The number of hydrogen-bond donors (Lipinski definition) is 1. The Balaban J connectivity index is 2.10. The van der Waals surface area contributed by atoms with Crippen molar-refractivity contribution in [3.05, 3.63) is 59.4 Å². The smallest absolute Gasteiger partial charge is 0.191 e. The van der Waals surface area contributed by atoms with Gasteiger partial charge in [-0.25, -0.2) is 8.78 Å². The first-order valence-corrected chi connectivity index (χ1v) is 6.85. The minimum atomic E-state index is -0.711. The van der Waals surface area contributed by atoms with Gasteiger partial charge < -0.3 is 10.5 Å². The standard InChI is InChI=1S/C16H18F2N2O/c1-2-13(19)6-12-7-14(17)16(15(18)8-12)21-10-11-4-3-5-20-9-11/h3-5,7-9,13H,2,6,10,19H2,1H3. The van der Waals surface area contributed by atoms with Crippen LogP contribution in [0.15, 0.2) is 36.7 Å². The SMILES string of the molecule is CCC(N)Cc1cc(F)c(OCc2cccnc2)c(F)c1. The van der Waals surface area contributed by atoms with E-state index in [1.54, 1.807) is 24.5 Å². The van der Waals surface area contributed by atoms with Crippen LogP contribution in [0.3, 0.4) is 0 Å². The summed E-state index contributed by atoms with van der Waals surface area (Å²) in [6.45, 7) is 2.00. The first-order valence-electron chi connectivity index (χ1n) is 6.85. The van der Waals surface area contributed by atoms with E-state index < -0.39 is 11.6 Å². The molecular weight excluding hydrogens is 274 g/mol. The summed E-state index contributed by atoms with van der Waals surface area (Å²) in [4.78, 5) is 3.92. The van der Waals surface area contributed by atoms with Crippen molar-refractivity contribution in [1.29, 1.82) is 0 Å². The Labute approximate surface area is 122 Å². The Morgan fingerprint density at radius 3 is 2.52 bits per heavy atom. The average Bonchev–Trinajstić information content (AvgIpc) is 2.47. The molecule has 0 aliphatic heterocycles. The van der Waals surface area contributed by atoms with Crippen molar-refractivity contribution >= 4 is 0 Å². The summed E-state index contributed by atoms with van der Waals surface area (Å²) in [6, 6.07) is 5.96. The molecule has 0 saturated heterocycles. The van der Waals surface area contributed by atoms with Gasteiger partial charge in [-0.05, 0) is 36.6 Å². The second kappa shape index (κ2) is 7.13. The fourth-order valence-electron chi connectivity index (χ4n) is 1.95. The van der Waals surface area contributed by atoms with Crippen LogP contribution in [0.2, 0.25) is 0 Å². The fourth-order valence-corrected chi connectivity index (χ4v) is 1.95. The molecule has 1 heterocycles. The maximum atomic E-state index is 13.9. The Morgan fingerprint density at radius 1 is 1.24 bits per heavy atom. The molecule has 1 atom stereocenters. The number of nitrogens with two attached hydrogens (primary N) is 1. The molecule has 0 amide bonds. The average molecular weight is 292 g/mol. The third-order valence-corrected chi connectivity index (χ3v) is 3.19. The quantitative estimate of drug-likeness (QED) is 0.889. The zero-order chi connectivity index (χ0) is 15.2. The van der Waals surface area contributed by atoms with E-state index in [2.05, 4.69) is 4.98 Å². The monoisotopic (exact) mass is 292 g/mol. The molecule has 0 aliphatic rings. The van der Waals surface area contributed by atoms with Crippen molar-refractivity contribution in [1.82, 2.24) is 4.98 Å². The molecule has 0 aliphatic carbocycles. The zero-order valence-corrected chi connectivity index (χ0v) is 11.9. The van der Waals surface area contributed by atoms with Crippen LogP contribution in [0.1, 0.15) is 24.5 Å². The highest BCUT2D eigenvalue weighted by Gasteiger charge is 2.14. The number of ether oxygens (including phenoxy) is 1. The van der Waals surface area contributed by atoms with Crippen LogP contribution in [-0.2, 0) is 13.0 Å². The van der Waals surface area contributed by atoms with Crippen LogP contribution in [0.5, 0.6) is 5.75 Å². The van der Waals surface area contributed by atoms with Crippen LogP contribution in [0.25, 0.3) is 0 Å². The Kier molecular flexibility index (Phi) is 5.22. The predicted octanol–water partition coefficient (Wildman–Crippen LogP) is 3.22. The lowest BCUT2D eigenvalue weighted by Gasteiger charge is -2.12. The van der Waals surface area contributed by atoms with E-state index in [0.29, 0.717) is 12.0 Å². The maximum Gasteiger partial charge on any atom is 0.191 e. The third kappa shape index (κ3) is 4.23. The lowest BCUT2D eigenvalue weighted by molar-refractivity contribution is 0.273. The van der Waals surface area contributed by atoms with E-state index in [0.717, 1.165) is 12.0 Å². The summed E-state index contributed by atoms with van der Waals surface area (Å²) in [7, 11) is 0.